The SMILES string of the molecule is CC(C)(C)CCNC(=O)c1cc(Cl)c(Cl)c([N+](=O)[O-])c1. The molecule has 0 bridgehead atoms. The molecule has 0 atom stereocenters. The van der Waals surface area contributed by atoms with Crippen molar-refractivity contribution in [3.8, 4) is 0 Å². The van der Waals surface area contributed by atoms with Gasteiger partial charge in [-0.2, -0.15) is 0 Å². The van der Waals surface area contributed by atoms with Gasteiger partial charge in [0.25, 0.3) is 11.6 Å². The first-order valence-electron chi connectivity index (χ1n) is 6.03. The second-order valence-electron chi connectivity index (χ2n) is 5.61. The molecule has 0 spiro atoms. The van der Waals surface area contributed by atoms with Crippen LogP contribution in [-0.2, 0) is 0 Å². The van der Waals surface area contributed by atoms with Gasteiger partial charge in [-0.3, -0.25) is 14.9 Å². The van der Waals surface area contributed by atoms with Crippen LogP contribution in [0.15, 0.2) is 12.1 Å². The van der Waals surface area contributed by atoms with Crippen molar-refractivity contribution in [1.29, 1.82) is 0 Å². The third kappa shape index (κ3) is 4.65. The van der Waals surface area contributed by atoms with Crippen LogP contribution in [0.5, 0.6) is 0 Å². The Kier molecular flexibility index (Phi) is 5.36. The van der Waals surface area contributed by atoms with Crippen LogP contribution in [-0.4, -0.2) is 17.4 Å². The summed E-state index contributed by atoms with van der Waals surface area (Å²) in [5.74, 6) is -0.407. The number of halogens is 2. The van der Waals surface area contributed by atoms with Crippen molar-refractivity contribution in [3.63, 3.8) is 0 Å². The monoisotopic (exact) mass is 318 g/mol. The van der Waals surface area contributed by atoms with E-state index in [4.69, 9.17) is 23.2 Å². The third-order valence-electron chi connectivity index (χ3n) is 2.63. The van der Waals surface area contributed by atoms with Crippen LogP contribution in [0.3, 0.4) is 0 Å². The number of hydrogen-bond acceptors (Lipinski definition) is 3. The zero-order valence-electron chi connectivity index (χ0n) is 11.5. The van der Waals surface area contributed by atoms with Crippen LogP contribution < -0.4 is 5.32 Å². The van der Waals surface area contributed by atoms with Gasteiger partial charge >= 0.3 is 0 Å². The molecule has 0 heterocycles. The number of hydrogen-bond donors (Lipinski definition) is 1. The lowest BCUT2D eigenvalue weighted by molar-refractivity contribution is -0.384. The Bertz CT molecular complexity index is 539. The van der Waals surface area contributed by atoms with Gasteiger partial charge in [-0.25, -0.2) is 0 Å². The Hall–Kier alpha value is -1.33. The third-order valence-corrected chi connectivity index (χ3v) is 3.42. The van der Waals surface area contributed by atoms with Gasteiger partial charge in [-0.05, 0) is 17.9 Å². The average molecular weight is 319 g/mol. The smallest absolute Gasteiger partial charge is 0.290 e. The first-order chi connectivity index (χ1) is 9.11. The van der Waals surface area contributed by atoms with Crippen LogP contribution in [0.4, 0.5) is 5.69 Å². The fourth-order valence-corrected chi connectivity index (χ4v) is 1.88. The Morgan fingerprint density at radius 2 is 1.95 bits per heavy atom. The molecule has 110 valence electrons. The van der Waals surface area contributed by atoms with Crippen molar-refractivity contribution < 1.29 is 9.72 Å². The van der Waals surface area contributed by atoms with Crippen molar-refractivity contribution in [3.05, 3.63) is 37.9 Å². The Balaban J connectivity index is 2.86. The summed E-state index contributed by atoms with van der Waals surface area (Å²) < 4.78 is 0. The predicted octanol–water partition coefficient (Wildman–Crippen LogP) is 4.07. The van der Waals surface area contributed by atoms with E-state index in [0.717, 1.165) is 12.5 Å². The van der Waals surface area contributed by atoms with E-state index in [0.29, 0.717) is 6.54 Å². The molecule has 0 radical (unpaired) electrons. The molecule has 20 heavy (non-hydrogen) atoms. The van der Waals surface area contributed by atoms with Gasteiger partial charge in [0.05, 0.1) is 9.95 Å². The van der Waals surface area contributed by atoms with E-state index < -0.39 is 10.8 Å². The summed E-state index contributed by atoms with van der Waals surface area (Å²) in [6.45, 7) is 6.66. The Morgan fingerprint density at radius 1 is 1.35 bits per heavy atom. The molecule has 1 amide bonds. The van der Waals surface area contributed by atoms with E-state index >= 15 is 0 Å². The summed E-state index contributed by atoms with van der Waals surface area (Å²) in [7, 11) is 0. The van der Waals surface area contributed by atoms with Gasteiger partial charge in [-0.15, -0.1) is 0 Å². The number of benzene rings is 1. The van der Waals surface area contributed by atoms with Crippen LogP contribution >= 0.6 is 23.2 Å². The maximum absolute atomic E-state index is 11.9. The summed E-state index contributed by atoms with van der Waals surface area (Å²) >= 11 is 11.5. The topological polar surface area (TPSA) is 72.2 Å². The maximum atomic E-state index is 11.9. The first-order valence-corrected chi connectivity index (χ1v) is 6.79. The van der Waals surface area contributed by atoms with Crippen LogP contribution in [0.25, 0.3) is 0 Å². The normalized spacial score (nSPS) is 11.2. The van der Waals surface area contributed by atoms with Crippen molar-refractivity contribution in [1.82, 2.24) is 5.32 Å². The molecule has 1 rings (SSSR count). The van der Waals surface area contributed by atoms with Gasteiger partial charge in [0.15, 0.2) is 0 Å². The number of nitro benzene ring substituents is 1. The summed E-state index contributed by atoms with van der Waals surface area (Å²) in [5.41, 5.74) is -0.156. The zero-order chi connectivity index (χ0) is 15.5. The predicted molar refractivity (Wildman–Crippen MR) is 79.5 cm³/mol. The highest BCUT2D eigenvalue weighted by atomic mass is 35.5. The Morgan fingerprint density at radius 3 is 2.45 bits per heavy atom. The minimum Gasteiger partial charge on any atom is -0.352 e. The number of nitrogens with one attached hydrogen (secondary N) is 1. The number of rotatable bonds is 4. The standard InChI is InChI=1S/C13H16Cl2N2O3/c1-13(2,3)4-5-16-12(18)8-6-9(14)11(15)10(7-8)17(19)20/h6-7H,4-5H2,1-3H3,(H,16,18). The lowest BCUT2D eigenvalue weighted by Crippen LogP contribution is -2.27. The number of nitrogens with zero attached hydrogens (tertiary/aromatic N) is 1. The lowest BCUT2D eigenvalue weighted by Gasteiger charge is -2.18. The minimum absolute atomic E-state index is 0.0122. The van der Waals surface area contributed by atoms with Crippen molar-refractivity contribution in [2.24, 2.45) is 5.41 Å². The molecule has 0 aliphatic rings. The van der Waals surface area contributed by atoms with Gasteiger partial charge in [0.1, 0.15) is 5.02 Å². The second kappa shape index (κ2) is 6.41. The molecule has 7 heteroatoms. The molecule has 0 saturated heterocycles. The quantitative estimate of drug-likeness (QED) is 0.671. The fourth-order valence-electron chi connectivity index (χ4n) is 1.49. The minimum atomic E-state index is -0.667. The van der Waals surface area contributed by atoms with Gasteiger partial charge < -0.3 is 5.32 Å². The second-order valence-corrected chi connectivity index (χ2v) is 6.40. The summed E-state index contributed by atoms with van der Waals surface area (Å²) in [6, 6.07) is 2.45. The van der Waals surface area contributed by atoms with E-state index in [9.17, 15) is 14.9 Å². The first kappa shape index (κ1) is 16.7. The molecular weight excluding hydrogens is 303 g/mol. The molecule has 0 aliphatic heterocycles. The summed E-state index contributed by atoms with van der Waals surface area (Å²) in [4.78, 5) is 22.1. The van der Waals surface area contributed by atoms with E-state index in [-0.39, 0.29) is 26.7 Å². The average Bonchev–Trinajstić information content (AvgIpc) is 2.30. The zero-order valence-corrected chi connectivity index (χ0v) is 13.0. The van der Waals surface area contributed by atoms with Gasteiger partial charge in [0.2, 0.25) is 0 Å². The summed E-state index contributed by atoms with van der Waals surface area (Å²) in [5, 5.41) is 13.4. The van der Waals surface area contributed by atoms with E-state index in [1.54, 1.807) is 0 Å². The van der Waals surface area contributed by atoms with Crippen molar-refractivity contribution in [2.45, 2.75) is 27.2 Å². The van der Waals surface area contributed by atoms with Crippen LogP contribution in [0.1, 0.15) is 37.6 Å². The van der Waals surface area contributed by atoms with Crippen LogP contribution in [0.2, 0.25) is 10.0 Å². The van der Waals surface area contributed by atoms with E-state index in [1.165, 1.54) is 6.07 Å². The van der Waals surface area contributed by atoms with E-state index in [1.807, 2.05) is 0 Å². The molecule has 1 N–H and O–H groups in total. The summed E-state index contributed by atoms with van der Waals surface area (Å²) in [6.07, 6.45) is 0.794. The lowest BCUT2D eigenvalue weighted by atomic mass is 9.92. The van der Waals surface area contributed by atoms with Crippen LogP contribution in [0, 0.1) is 15.5 Å². The number of carbonyl (C=O) groups is 1. The highest BCUT2D eigenvalue weighted by Gasteiger charge is 2.20. The molecular formula is C13H16Cl2N2O3. The van der Waals surface area contributed by atoms with Crippen molar-refractivity contribution >= 4 is 34.8 Å². The molecule has 5 nitrogen and oxygen atoms in total. The largest absolute Gasteiger partial charge is 0.352 e. The van der Waals surface area contributed by atoms with Gasteiger partial charge in [-0.1, -0.05) is 44.0 Å². The molecule has 1 aromatic rings. The highest BCUT2D eigenvalue weighted by Crippen LogP contribution is 2.33. The number of amides is 1. The van der Waals surface area contributed by atoms with Crippen molar-refractivity contribution in [2.75, 3.05) is 6.54 Å². The number of carbonyl (C=O) groups excluding carboxylic acids is 1. The Labute approximate surface area is 127 Å². The molecule has 0 saturated carbocycles. The molecule has 1 aromatic carbocycles. The molecule has 0 fully saturated rings. The van der Waals surface area contributed by atoms with Gasteiger partial charge in [0, 0.05) is 18.2 Å². The molecule has 0 aliphatic carbocycles. The fraction of sp³-hybridized carbons (Fsp3) is 0.462. The highest BCUT2D eigenvalue weighted by molar-refractivity contribution is 6.43. The van der Waals surface area contributed by atoms with E-state index in [2.05, 4.69) is 26.1 Å². The number of nitro groups is 1. The molecule has 0 aromatic heterocycles. The molecule has 0 unspecified atom stereocenters. The maximum Gasteiger partial charge on any atom is 0.290 e.